The van der Waals surface area contributed by atoms with Gasteiger partial charge in [0, 0.05) is 12.8 Å². The third-order valence-electron chi connectivity index (χ3n) is 2.53. The number of unbranched alkanes of at least 4 members (excludes halogenated alkanes) is 2. The van der Waals surface area contributed by atoms with Gasteiger partial charge in [-0.1, -0.05) is 19.8 Å². The average Bonchev–Trinajstić information content (AvgIpc) is 2.66. The lowest BCUT2D eigenvalue weighted by Crippen LogP contribution is -2.18. The molecule has 2 unspecified atom stereocenters. The summed E-state index contributed by atoms with van der Waals surface area (Å²) in [7, 11) is 0. The monoisotopic (exact) mass is 216 g/mol. The molecule has 0 aromatic carbocycles. The van der Waals surface area contributed by atoms with Gasteiger partial charge in [0.2, 0.25) is 0 Å². The van der Waals surface area contributed by atoms with E-state index in [9.17, 15) is 4.79 Å². The summed E-state index contributed by atoms with van der Waals surface area (Å²) in [6, 6.07) is 0. The summed E-state index contributed by atoms with van der Waals surface area (Å²) in [5.41, 5.74) is 0. The molecule has 1 rings (SSSR count). The normalized spacial score (nSPS) is 25.5. The molecule has 0 aromatic heterocycles. The van der Waals surface area contributed by atoms with Crippen molar-refractivity contribution < 1.29 is 19.4 Å². The second-order valence-corrected chi connectivity index (χ2v) is 3.94. The van der Waals surface area contributed by atoms with Gasteiger partial charge in [-0.3, -0.25) is 4.79 Å². The summed E-state index contributed by atoms with van der Waals surface area (Å²) >= 11 is 0. The first-order chi connectivity index (χ1) is 7.26. The highest BCUT2D eigenvalue weighted by atomic mass is 16.6. The largest absolute Gasteiger partial charge is 0.460 e. The van der Waals surface area contributed by atoms with E-state index >= 15 is 0 Å². The van der Waals surface area contributed by atoms with Crippen molar-refractivity contribution in [2.45, 2.75) is 51.2 Å². The van der Waals surface area contributed by atoms with Crippen LogP contribution in [0.5, 0.6) is 0 Å². The number of aliphatic hydroxyl groups is 1. The molecule has 0 aromatic rings. The first kappa shape index (κ1) is 12.5. The predicted molar refractivity (Wildman–Crippen MR) is 55.5 cm³/mol. The standard InChI is InChI=1S/C11H20O4/c1-2-3-4-5-11(13)15-10-6-9(7-12)14-8-10/h9-10,12H,2-8H2,1H3. The van der Waals surface area contributed by atoms with Gasteiger partial charge in [0.1, 0.15) is 6.10 Å². The van der Waals surface area contributed by atoms with E-state index in [0.717, 1.165) is 19.3 Å². The van der Waals surface area contributed by atoms with Gasteiger partial charge in [0.05, 0.1) is 19.3 Å². The van der Waals surface area contributed by atoms with E-state index in [-0.39, 0.29) is 24.8 Å². The van der Waals surface area contributed by atoms with Crippen LogP contribution in [0, 0.1) is 0 Å². The second kappa shape index (κ2) is 6.80. The minimum Gasteiger partial charge on any atom is -0.460 e. The van der Waals surface area contributed by atoms with Gasteiger partial charge in [0.25, 0.3) is 0 Å². The number of carbonyl (C=O) groups excluding carboxylic acids is 1. The molecule has 1 fully saturated rings. The van der Waals surface area contributed by atoms with Crippen molar-refractivity contribution in [1.29, 1.82) is 0 Å². The van der Waals surface area contributed by atoms with Crippen molar-refractivity contribution in [2.24, 2.45) is 0 Å². The number of hydrogen-bond acceptors (Lipinski definition) is 4. The molecule has 88 valence electrons. The number of esters is 1. The molecule has 15 heavy (non-hydrogen) atoms. The molecule has 0 amide bonds. The smallest absolute Gasteiger partial charge is 0.306 e. The number of hydrogen-bond donors (Lipinski definition) is 1. The van der Waals surface area contributed by atoms with E-state index < -0.39 is 0 Å². The second-order valence-electron chi connectivity index (χ2n) is 3.94. The molecule has 4 heteroatoms. The van der Waals surface area contributed by atoms with Gasteiger partial charge in [0.15, 0.2) is 0 Å². The van der Waals surface area contributed by atoms with E-state index in [1.54, 1.807) is 0 Å². The molecular weight excluding hydrogens is 196 g/mol. The molecule has 1 heterocycles. The molecule has 0 aliphatic carbocycles. The molecular formula is C11H20O4. The number of carbonyl (C=O) groups is 1. The minimum atomic E-state index is -0.156. The highest BCUT2D eigenvalue weighted by Crippen LogP contribution is 2.16. The highest BCUT2D eigenvalue weighted by molar-refractivity contribution is 5.69. The quantitative estimate of drug-likeness (QED) is 0.536. The first-order valence-electron chi connectivity index (χ1n) is 5.68. The number of ether oxygens (including phenoxy) is 2. The van der Waals surface area contributed by atoms with Gasteiger partial charge in [-0.15, -0.1) is 0 Å². The average molecular weight is 216 g/mol. The summed E-state index contributed by atoms with van der Waals surface area (Å²) in [5.74, 6) is -0.143. The minimum absolute atomic E-state index is 0.00385. The van der Waals surface area contributed by atoms with Gasteiger partial charge in [-0.2, -0.15) is 0 Å². The number of rotatable bonds is 6. The van der Waals surface area contributed by atoms with E-state index in [4.69, 9.17) is 14.6 Å². The fourth-order valence-electron chi connectivity index (χ4n) is 1.65. The Labute approximate surface area is 90.6 Å². The van der Waals surface area contributed by atoms with Gasteiger partial charge in [-0.25, -0.2) is 0 Å². The third kappa shape index (κ3) is 4.62. The summed E-state index contributed by atoms with van der Waals surface area (Å²) < 4.78 is 10.4. The van der Waals surface area contributed by atoms with Crippen LogP contribution in [0.15, 0.2) is 0 Å². The zero-order valence-corrected chi connectivity index (χ0v) is 9.28. The molecule has 1 N–H and O–H groups in total. The fourth-order valence-corrected chi connectivity index (χ4v) is 1.65. The molecule has 1 saturated heterocycles. The Morgan fingerprint density at radius 2 is 2.33 bits per heavy atom. The Morgan fingerprint density at radius 1 is 1.53 bits per heavy atom. The lowest BCUT2D eigenvalue weighted by atomic mass is 10.2. The topological polar surface area (TPSA) is 55.8 Å². The Balaban J connectivity index is 2.10. The van der Waals surface area contributed by atoms with Crippen molar-refractivity contribution >= 4 is 5.97 Å². The molecule has 0 spiro atoms. The third-order valence-corrected chi connectivity index (χ3v) is 2.53. The Hall–Kier alpha value is -0.610. The van der Waals surface area contributed by atoms with Crippen LogP contribution >= 0.6 is 0 Å². The maximum Gasteiger partial charge on any atom is 0.306 e. The molecule has 0 saturated carbocycles. The van der Waals surface area contributed by atoms with Crippen LogP contribution < -0.4 is 0 Å². The Morgan fingerprint density at radius 3 is 2.93 bits per heavy atom. The predicted octanol–water partition coefficient (Wildman–Crippen LogP) is 1.26. The Kier molecular flexibility index (Phi) is 5.65. The van der Waals surface area contributed by atoms with Crippen LogP contribution in [0.25, 0.3) is 0 Å². The van der Waals surface area contributed by atoms with E-state index in [1.807, 2.05) is 0 Å². The van der Waals surface area contributed by atoms with Crippen LogP contribution in [-0.4, -0.2) is 36.5 Å². The first-order valence-corrected chi connectivity index (χ1v) is 5.68. The lowest BCUT2D eigenvalue weighted by Gasteiger charge is -2.09. The van der Waals surface area contributed by atoms with Crippen molar-refractivity contribution in [1.82, 2.24) is 0 Å². The maximum absolute atomic E-state index is 11.3. The van der Waals surface area contributed by atoms with Crippen LogP contribution in [0.1, 0.15) is 39.0 Å². The van der Waals surface area contributed by atoms with Crippen LogP contribution in [0.3, 0.4) is 0 Å². The van der Waals surface area contributed by atoms with Crippen LogP contribution in [-0.2, 0) is 14.3 Å². The molecule has 1 aliphatic rings. The Bertz CT molecular complexity index is 193. The fraction of sp³-hybridized carbons (Fsp3) is 0.909. The molecule has 0 bridgehead atoms. The van der Waals surface area contributed by atoms with Crippen LogP contribution in [0.4, 0.5) is 0 Å². The lowest BCUT2D eigenvalue weighted by molar-refractivity contribution is -0.149. The SMILES string of the molecule is CCCCCC(=O)OC1COC(CO)C1. The van der Waals surface area contributed by atoms with Crippen molar-refractivity contribution in [3.8, 4) is 0 Å². The number of aliphatic hydroxyl groups excluding tert-OH is 1. The summed E-state index contributed by atoms with van der Waals surface area (Å²) in [5, 5.41) is 8.83. The van der Waals surface area contributed by atoms with E-state index in [0.29, 0.717) is 19.4 Å². The molecule has 0 radical (unpaired) electrons. The van der Waals surface area contributed by atoms with Crippen molar-refractivity contribution in [3.05, 3.63) is 0 Å². The van der Waals surface area contributed by atoms with Crippen molar-refractivity contribution in [2.75, 3.05) is 13.2 Å². The van der Waals surface area contributed by atoms with Gasteiger partial charge >= 0.3 is 5.97 Å². The summed E-state index contributed by atoms with van der Waals surface area (Å²) in [6.45, 7) is 2.52. The highest BCUT2D eigenvalue weighted by Gasteiger charge is 2.27. The zero-order chi connectivity index (χ0) is 11.1. The van der Waals surface area contributed by atoms with Gasteiger partial charge in [-0.05, 0) is 6.42 Å². The van der Waals surface area contributed by atoms with Crippen LogP contribution in [0.2, 0.25) is 0 Å². The molecule has 1 aliphatic heterocycles. The molecule has 2 atom stereocenters. The summed E-state index contributed by atoms with van der Waals surface area (Å²) in [4.78, 5) is 11.3. The van der Waals surface area contributed by atoms with E-state index in [1.165, 1.54) is 0 Å². The zero-order valence-electron chi connectivity index (χ0n) is 9.28. The van der Waals surface area contributed by atoms with Crippen molar-refractivity contribution in [3.63, 3.8) is 0 Å². The van der Waals surface area contributed by atoms with Gasteiger partial charge < -0.3 is 14.6 Å². The summed E-state index contributed by atoms with van der Waals surface area (Å²) in [6.07, 6.45) is 3.87. The van der Waals surface area contributed by atoms with E-state index in [2.05, 4.69) is 6.92 Å². The molecule has 4 nitrogen and oxygen atoms in total. The maximum atomic E-state index is 11.3.